The van der Waals surface area contributed by atoms with Crippen molar-refractivity contribution in [1.29, 1.82) is 0 Å². The van der Waals surface area contributed by atoms with Crippen molar-refractivity contribution in [2.45, 2.75) is 6.42 Å². The summed E-state index contributed by atoms with van der Waals surface area (Å²) in [5, 5.41) is 9.81. The summed E-state index contributed by atoms with van der Waals surface area (Å²) in [4.78, 5) is 12.0. The standard InChI is InChI=1S/C22H12ClF3O2S/c23-13-5-11(6-14(24)9-13)7-15-10-17-19(25)4-2-16(21(17)29-15)12-1-3-20(26)18(8-12)22(27)28/h1-6,8-10H,7H2,(H,27,28). The van der Waals surface area contributed by atoms with Crippen LogP contribution >= 0.6 is 22.9 Å². The largest absolute Gasteiger partial charge is 0.478 e. The highest BCUT2D eigenvalue weighted by Crippen LogP contribution is 2.38. The molecule has 0 atom stereocenters. The summed E-state index contributed by atoms with van der Waals surface area (Å²) < 4.78 is 42.4. The summed E-state index contributed by atoms with van der Waals surface area (Å²) in [6.07, 6.45) is 0.361. The Morgan fingerprint density at radius 2 is 1.72 bits per heavy atom. The zero-order valence-corrected chi connectivity index (χ0v) is 16.3. The minimum atomic E-state index is -1.38. The molecule has 3 aromatic carbocycles. The van der Waals surface area contributed by atoms with Crippen molar-refractivity contribution in [1.82, 2.24) is 0 Å². The lowest BCUT2D eigenvalue weighted by molar-refractivity contribution is 0.0692. The SMILES string of the molecule is O=C(O)c1cc(-c2ccc(F)c3cc(Cc4cc(F)cc(Cl)c4)sc23)ccc1F. The monoisotopic (exact) mass is 432 g/mol. The second kappa shape index (κ2) is 7.54. The maximum Gasteiger partial charge on any atom is 0.338 e. The van der Waals surface area contributed by atoms with Gasteiger partial charge in [-0.1, -0.05) is 23.7 Å². The van der Waals surface area contributed by atoms with E-state index in [2.05, 4.69) is 0 Å². The van der Waals surface area contributed by atoms with E-state index in [1.165, 1.54) is 47.7 Å². The van der Waals surface area contributed by atoms with E-state index in [1.807, 2.05) is 0 Å². The van der Waals surface area contributed by atoms with Crippen molar-refractivity contribution in [2.75, 3.05) is 0 Å². The van der Waals surface area contributed by atoms with Gasteiger partial charge in [-0.15, -0.1) is 11.3 Å². The molecular weight excluding hydrogens is 421 g/mol. The third-order valence-electron chi connectivity index (χ3n) is 4.49. The van der Waals surface area contributed by atoms with Gasteiger partial charge in [0.2, 0.25) is 0 Å². The van der Waals surface area contributed by atoms with Gasteiger partial charge in [0, 0.05) is 26.4 Å². The van der Waals surface area contributed by atoms with Gasteiger partial charge in [0.25, 0.3) is 0 Å². The summed E-state index contributed by atoms with van der Waals surface area (Å²) in [5.41, 5.74) is 1.26. The van der Waals surface area contributed by atoms with Crippen LogP contribution in [0.2, 0.25) is 5.02 Å². The third kappa shape index (κ3) is 3.86. The first-order valence-electron chi connectivity index (χ1n) is 8.51. The fraction of sp³-hybridized carbons (Fsp3) is 0.0455. The number of carboxylic acid groups (broad SMARTS) is 1. The van der Waals surface area contributed by atoms with Gasteiger partial charge in [-0.2, -0.15) is 0 Å². The molecule has 2 nitrogen and oxygen atoms in total. The normalized spacial score (nSPS) is 11.2. The van der Waals surface area contributed by atoms with Crippen LogP contribution in [0.3, 0.4) is 0 Å². The highest BCUT2D eigenvalue weighted by Gasteiger charge is 2.16. The van der Waals surface area contributed by atoms with Crippen LogP contribution in [0.25, 0.3) is 21.2 Å². The average Bonchev–Trinajstić information content (AvgIpc) is 3.06. The number of benzene rings is 3. The quantitative estimate of drug-likeness (QED) is 0.379. The minimum absolute atomic E-state index is 0.278. The molecular formula is C22H12ClF3O2S. The Bertz CT molecular complexity index is 1250. The molecule has 146 valence electrons. The van der Waals surface area contributed by atoms with E-state index in [0.717, 1.165) is 10.9 Å². The maximum atomic E-state index is 14.4. The molecule has 1 N–H and O–H groups in total. The lowest BCUT2D eigenvalue weighted by Crippen LogP contribution is -2.00. The molecule has 4 rings (SSSR count). The van der Waals surface area contributed by atoms with Gasteiger partial charge in [-0.25, -0.2) is 18.0 Å². The first kappa shape index (κ1) is 19.5. The molecule has 0 unspecified atom stereocenters. The Morgan fingerprint density at radius 3 is 2.45 bits per heavy atom. The Balaban J connectivity index is 1.82. The Morgan fingerprint density at radius 1 is 0.966 bits per heavy atom. The van der Waals surface area contributed by atoms with Crippen LogP contribution in [0.1, 0.15) is 20.8 Å². The molecule has 0 aliphatic rings. The average molecular weight is 433 g/mol. The molecule has 0 spiro atoms. The van der Waals surface area contributed by atoms with E-state index in [0.29, 0.717) is 33.2 Å². The molecule has 0 radical (unpaired) electrons. The molecule has 4 aromatic rings. The van der Waals surface area contributed by atoms with Crippen molar-refractivity contribution in [3.8, 4) is 11.1 Å². The molecule has 0 bridgehead atoms. The predicted octanol–water partition coefficient (Wildman–Crippen LogP) is 6.93. The predicted molar refractivity (Wildman–Crippen MR) is 108 cm³/mol. The van der Waals surface area contributed by atoms with Gasteiger partial charge in [0.05, 0.1) is 5.56 Å². The van der Waals surface area contributed by atoms with E-state index < -0.39 is 29.0 Å². The third-order valence-corrected chi connectivity index (χ3v) is 5.88. The number of fused-ring (bicyclic) bond motifs is 1. The van der Waals surface area contributed by atoms with Crippen LogP contribution in [-0.4, -0.2) is 11.1 Å². The highest BCUT2D eigenvalue weighted by atomic mass is 35.5. The van der Waals surface area contributed by atoms with Gasteiger partial charge in [0.1, 0.15) is 17.5 Å². The summed E-state index contributed by atoms with van der Waals surface area (Å²) in [6.45, 7) is 0. The molecule has 0 saturated heterocycles. The lowest BCUT2D eigenvalue weighted by Gasteiger charge is -2.06. The molecule has 7 heteroatoms. The summed E-state index contributed by atoms with van der Waals surface area (Å²) >= 11 is 7.21. The summed E-state index contributed by atoms with van der Waals surface area (Å²) in [7, 11) is 0. The van der Waals surface area contributed by atoms with Crippen LogP contribution < -0.4 is 0 Å². The number of carbonyl (C=O) groups is 1. The summed E-state index contributed by atoms with van der Waals surface area (Å²) in [6, 6.07) is 12.5. The number of hydrogen-bond donors (Lipinski definition) is 1. The molecule has 1 heterocycles. The Kier molecular flexibility index (Phi) is 5.06. The van der Waals surface area contributed by atoms with Crippen molar-refractivity contribution < 1.29 is 23.1 Å². The fourth-order valence-electron chi connectivity index (χ4n) is 3.23. The minimum Gasteiger partial charge on any atom is -0.478 e. The van der Waals surface area contributed by atoms with Crippen LogP contribution in [0, 0.1) is 17.5 Å². The van der Waals surface area contributed by atoms with E-state index in [-0.39, 0.29) is 5.02 Å². The van der Waals surface area contributed by atoms with Crippen molar-refractivity contribution in [3.05, 3.63) is 93.1 Å². The second-order valence-corrected chi connectivity index (χ2v) is 8.08. The van der Waals surface area contributed by atoms with Crippen molar-refractivity contribution in [3.63, 3.8) is 0 Å². The number of thiophene rings is 1. The van der Waals surface area contributed by atoms with Crippen LogP contribution in [0.5, 0.6) is 0 Å². The van der Waals surface area contributed by atoms with Gasteiger partial charge in [-0.05, 0) is 59.2 Å². The molecule has 0 aliphatic heterocycles. The van der Waals surface area contributed by atoms with E-state index in [4.69, 9.17) is 16.7 Å². The number of halogens is 4. The molecule has 0 aliphatic carbocycles. The van der Waals surface area contributed by atoms with Crippen LogP contribution in [-0.2, 0) is 6.42 Å². The number of carboxylic acids is 1. The number of hydrogen-bond acceptors (Lipinski definition) is 2. The van der Waals surface area contributed by atoms with E-state index in [1.54, 1.807) is 12.1 Å². The molecule has 1 aromatic heterocycles. The van der Waals surface area contributed by atoms with E-state index in [9.17, 15) is 18.0 Å². The van der Waals surface area contributed by atoms with Gasteiger partial charge in [-0.3, -0.25) is 0 Å². The van der Waals surface area contributed by atoms with Gasteiger partial charge in [0.15, 0.2) is 0 Å². The fourth-order valence-corrected chi connectivity index (χ4v) is 4.71. The zero-order valence-electron chi connectivity index (χ0n) is 14.7. The molecule has 0 amide bonds. The summed E-state index contributed by atoms with van der Waals surface area (Å²) in [5.74, 6) is -3.09. The van der Waals surface area contributed by atoms with Crippen molar-refractivity contribution in [2.24, 2.45) is 0 Å². The maximum absolute atomic E-state index is 14.4. The van der Waals surface area contributed by atoms with Gasteiger partial charge < -0.3 is 5.11 Å². The first-order valence-corrected chi connectivity index (χ1v) is 9.70. The number of aromatic carboxylic acids is 1. The van der Waals surface area contributed by atoms with Crippen LogP contribution in [0.4, 0.5) is 13.2 Å². The Hall–Kier alpha value is -2.83. The van der Waals surface area contributed by atoms with Crippen LogP contribution in [0.15, 0.2) is 54.6 Å². The smallest absolute Gasteiger partial charge is 0.338 e. The topological polar surface area (TPSA) is 37.3 Å². The lowest BCUT2D eigenvalue weighted by atomic mass is 10.0. The molecule has 0 saturated carbocycles. The highest BCUT2D eigenvalue weighted by molar-refractivity contribution is 7.19. The van der Waals surface area contributed by atoms with E-state index >= 15 is 0 Å². The Labute approximate surface area is 172 Å². The van der Waals surface area contributed by atoms with Crippen molar-refractivity contribution >= 4 is 39.0 Å². The zero-order chi connectivity index (χ0) is 20.7. The second-order valence-electron chi connectivity index (χ2n) is 6.50. The molecule has 29 heavy (non-hydrogen) atoms. The first-order chi connectivity index (χ1) is 13.8. The molecule has 0 fully saturated rings. The van der Waals surface area contributed by atoms with Gasteiger partial charge >= 0.3 is 5.97 Å². The number of rotatable bonds is 4.